The van der Waals surface area contributed by atoms with Crippen LogP contribution in [-0.2, 0) is 12.0 Å². The van der Waals surface area contributed by atoms with Crippen LogP contribution in [-0.4, -0.2) is 36.9 Å². The summed E-state index contributed by atoms with van der Waals surface area (Å²) >= 11 is 5.86. The van der Waals surface area contributed by atoms with Crippen molar-refractivity contribution in [1.29, 1.82) is 0 Å². The van der Waals surface area contributed by atoms with E-state index in [0.29, 0.717) is 30.4 Å². The molecule has 0 spiro atoms. The maximum atomic E-state index is 12.7. The Kier molecular flexibility index (Phi) is 5.32. The summed E-state index contributed by atoms with van der Waals surface area (Å²) in [6.07, 6.45) is 0.414. The van der Waals surface area contributed by atoms with Crippen LogP contribution in [0.4, 0.5) is 8.78 Å². The van der Waals surface area contributed by atoms with Crippen LogP contribution in [0.25, 0.3) is 0 Å². The van der Waals surface area contributed by atoms with Crippen molar-refractivity contribution in [2.24, 2.45) is 10.7 Å². The molecule has 0 fully saturated rings. The highest BCUT2D eigenvalue weighted by molar-refractivity contribution is 6.18. The van der Waals surface area contributed by atoms with Gasteiger partial charge in [-0.05, 0) is 35.2 Å². The normalized spacial score (nSPS) is 19.7. The van der Waals surface area contributed by atoms with Crippen molar-refractivity contribution in [3.63, 3.8) is 0 Å². The Morgan fingerprint density at radius 1 is 1.23 bits per heavy atom. The first-order valence-electron chi connectivity index (χ1n) is 8.22. The molecule has 0 saturated heterocycles. The zero-order valence-corrected chi connectivity index (χ0v) is 15.1. The highest BCUT2D eigenvalue weighted by Crippen LogP contribution is 2.39. The first-order chi connectivity index (χ1) is 12.5. The highest BCUT2D eigenvalue weighted by atomic mass is 35.5. The van der Waals surface area contributed by atoms with Crippen LogP contribution in [0.15, 0.2) is 53.5 Å². The minimum Gasteiger partial charge on any atom is -0.435 e. The molecule has 0 radical (unpaired) electrons. The maximum Gasteiger partial charge on any atom is 0.387 e. The fourth-order valence-electron chi connectivity index (χ4n) is 3.28. The average Bonchev–Trinajstić information content (AvgIpc) is 2.93. The van der Waals surface area contributed by atoms with Crippen LogP contribution >= 0.6 is 11.6 Å². The lowest BCUT2D eigenvalue weighted by atomic mass is 9.82. The van der Waals surface area contributed by atoms with Gasteiger partial charge < -0.3 is 15.4 Å². The fraction of sp³-hybridized carbons (Fsp3) is 0.316. The number of alkyl halides is 3. The quantitative estimate of drug-likeness (QED) is 0.780. The molecule has 0 aliphatic carbocycles. The molecule has 7 heteroatoms. The Morgan fingerprint density at radius 3 is 2.54 bits per heavy atom. The van der Waals surface area contributed by atoms with Gasteiger partial charge in [-0.3, -0.25) is 0 Å². The molecule has 0 bridgehead atoms. The van der Waals surface area contributed by atoms with Crippen LogP contribution in [0, 0.1) is 0 Å². The lowest BCUT2D eigenvalue weighted by Crippen LogP contribution is -2.34. The van der Waals surface area contributed by atoms with Gasteiger partial charge >= 0.3 is 6.61 Å². The zero-order chi connectivity index (χ0) is 18.7. The average molecular weight is 380 g/mol. The summed E-state index contributed by atoms with van der Waals surface area (Å²) in [7, 11) is 1.87. The molecule has 0 saturated carbocycles. The van der Waals surface area contributed by atoms with Gasteiger partial charge in [-0.2, -0.15) is 8.78 Å². The summed E-state index contributed by atoms with van der Waals surface area (Å²) in [5.41, 5.74) is 7.81. The number of aliphatic imine (C=N–C) groups is 1. The molecule has 1 atom stereocenters. The van der Waals surface area contributed by atoms with Crippen molar-refractivity contribution in [3.05, 3.63) is 65.2 Å². The first kappa shape index (κ1) is 18.5. The second kappa shape index (κ2) is 7.50. The molecular formula is C19H20ClF2N3O. The van der Waals surface area contributed by atoms with Crippen molar-refractivity contribution in [2.45, 2.75) is 18.6 Å². The van der Waals surface area contributed by atoms with E-state index in [4.69, 9.17) is 22.3 Å². The molecule has 3 rings (SSSR count). The fourth-order valence-corrected chi connectivity index (χ4v) is 3.48. The summed E-state index contributed by atoms with van der Waals surface area (Å²) < 4.78 is 30.0. The van der Waals surface area contributed by atoms with Crippen molar-refractivity contribution in [3.8, 4) is 5.75 Å². The van der Waals surface area contributed by atoms with Crippen molar-refractivity contribution in [1.82, 2.24) is 4.90 Å². The van der Waals surface area contributed by atoms with Crippen LogP contribution < -0.4 is 10.5 Å². The van der Waals surface area contributed by atoms with Crippen LogP contribution in [0.3, 0.4) is 0 Å². The van der Waals surface area contributed by atoms with Crippen LogP contribution in [0.1, 0.15) is 16.7 Å². The molecule has 0 unspecified atom stereocenters. The van der Waals surface area contributed by atoms with E-state index in [1.54, 1.807) is 12.1 Å². The summed E-state index contributed by atoms with van der Waals surface area (Å²) in [6.45, 7) is -2.33. The number of rotatable bonds is 6. The minimum absolute atomic E-state index is 0.135. The number of guanidine groups is 1. The van der Waals surface area contributed by atoms with E-state index in [1.165, 1.54) is 0 Å². The van der Waals surface area contributed by atoms with Crippen molar-refractivity contribution >= 4 is 17.6 Å². The van der Waals surface area contributed by atoms with E-state index in [1.807, 2.05) is 48.3 Å². The molecular weight excluding hydrogens is 360 g/mol. The Bertz CT molecular complexity index is 801. The van der Waals surface area contributed by atoms with E-state index in [2.05, 4.69) is 4.74 Å². The van der Waals surface area contributed by atoms with Gasteiger partial charge in [0.1, 0.15) is 11.3 Å². The van der Waals surface area contributed by atoms with Gasteiger partial charge in [0.15, 0.2) is 5.96 Å². The lowest BCUT2D eigenvalue weighted by Gasteiger charge is -2.29. The standard InChI is InChI=1S/C19H20ClF2N3O/c1-25-12-19(24-18(25)23,14-5-3-2-4-6-14)15-7-8-16(26-17(21)22)13(11-15)9-10-20/h2-8,11,17H,9-10,12H2,1H3,(H2,23,24)/t19-/m1/s1. The lowest BCUT2D eigenvalue weighted by molar-refractivity contribution is -0.0504. The Labute approximate surface area is 156 Å². The highest BCUT2D eigenvalue weighted by Gasteiger charge is 2.41. The third kappa shape index (κ3) is 3.46. The molecule has 1 aliphatic heterocycles. The van der Waals surface area contributed by atoms with Crippen molar-refractivity contribution < 1.29 is 13.5 Å². The number of nitrogens with zero attached hydrogens (tertiary/aromatic N) is 2. The second-order valence-corrected chi connectivity index (χ2v) is 6.57. The van der Waals surface area contributed by atoms with Gasteiger partial charge in [-0.25, -0.2) is 4.99 Å². The van der Waals surface area contributed by atoms with Gasteiger partial charge in [0.05, 0.1) is 6.54 Å². The predicted octanol–water partition coefficient (Wildman–Crippen LogP) is 3.57. The van der Waals surface area contributed by atoms with Crippen molar-refractivity contribution in [2.75, 3.05) is 19.5 Å². The number of halogens is 3. The Morgan fingerprint density at radius 2 is 1.96 bits per heavy atom. The van der Waals surface area contributed by atoms with Gasteiger partial charge in [-0.15, -0.1) is 11.6 Å². The number of likely N-dealkylation sites (N-methyl/N-ethyl adjacent to an activating group) is 1. The second-order valence-electron chi connectivity index (χ2n) is 6.19. The molecule has 1 heterocycles. The van der Waals surface area contributed by atoms with E-state index in [9.17, 15) is 8.78 Å². The summed E-state index contributed by atoms with van der Waals surface area (Å²) in [5, 5.41) is 0. The number of hydrogen-bond acceptors (Lipinski definition) is 4. The van der Waals surface area contributed by atoms with E-state index in [0.717, 1.165) is 11.1 Å². The van der Waals surface area contributed by atoms with Gasteiger partial charge in [0.25, 0.3) is 0 Å². The largest absolute Gasteiger partial charge is 0.435 e. The molecule has 2 aromatic rings. The maximum absolute atomic E-state index is 12.7. The molecule has 26 heavy (non-hydrogen) atoms. The third-order valence-corrected chi connectivity index (χ3v) is 4.72. The molecule has 138 valence electrons. The number of nitrogens with two attached hydrogens (primary N) is 1. The summed E-state index contributed by atoms with van der Waals surface area (Å²) in [6, 6.07) is 14.9. The van der Waals surface area contributed by atoms with E-state index in [-0.39, 0.29) is 5.75 Å². The number of ether oxygens (including phenoxy) is 1. The van der Waals surface area contributed by atoms with Gasteiger partial charge in [0.2, 0.25) is 0 Å². The smallest absolute Gasteiger partial charge is 0.387 e. The first-order valence-corrected chi connectivity index (χ1v) is 8.76. The minimum atomic E-state index is -2.88. The zero-order valence-electron chi connectivity index (χ0n) is 14.3. The SMILES string of the molecule is CN1C[C@@](c2ccccc2)(c2ccc(OC(F)F)c(CCCl)c2)N=C1N. The Balaban J connectivity index is 2.12. The molecule has 4 nitrogen and oxygen atoms in total. The third-order valence-electron chi connectivity index (χ3n) is 4.53. The molecule has 1 aliphatic rings. The monoisotopic (exact) mass is 379 g/mol. The topological polar surface area (TPSA) is 50.8 Å². The van der Waals surface area contributed by atoms with Crippen LogP contribution in [0.5, 0.6) is 5.75 Å². The number of benzene rings is 2. The molecule has 0 aromatic heterocycles. The Hall–Kier alpha value is -2.34. The number of hydrogen-bond donors (Lipinski definition) is 1. The van der Waals surface area contributed by atoms with Crippen LogP contribution in [0.2, 0.25) is 0 Å². The summed E-state index contributed by atoms with van der Waals surface area (Å²) in [4.78, 5) is 6.60. The summed E-state index contributed by atoms with van der Waals surface area (Å²) in [5.74, 6) is 0.865. The van der Waals surface area contributed by atoms with E-state index >= 15 is 0 Å². The molecule has 2 aromatic carbocycles. The number of aryl methyl sites for hydroxylation is 1. The molecule has 2 N–H and O–H groups in total. The predicted molar refractivity (Wildman–Crippen MR) is 99.0 cm³/mol. The van der Waals surface area contributed by atoms with Gasteiger partial charge in [-0.1, -0.05) is 36.4 Å². The van der Waals surface area contributed by atoms with E-state index < -0.39 is 12.2 Å². The molecule has 0 amide bonds. The van der Waals surface area contributed by atoms with Gasteiger partial charge in [0, 0.05) is 12.9 Å².